The highest BCUT2D eigenvalue weighted by Crippen LogP contribution is 2.26. The number of nitrogens with two attached hydrogens (primary N) is 1. The molecule has 0 aliphatic rings. The molecule has 20 heavy (non-hydrogen) atoms. The first-order chi connectivity index (χ1) is 9.72. The zero-order chi connectivity index (χ0) is 14.4. The molecule has 0 heterocycles. The van der Waals surface area contributed by atoms with Gasteiger partial charge < -0.3 is 20.3 Å². The van der Waals surface area contributed by atoms with Crippen LogP contribution in [0.5, 0.6) is 17.2 Å². The summed E-state index contributed by atoms with van der Waals surface area (Å²) in [5.41, 5.74) is 6.92. The molecule has 0 amide bonds. The van der Waals surface area contributed by atoms with Crippen molar-refractivity contribution in [2.75, 3.05) is 13.7 Å². The molecule has 4 heteroatoms. The fourth-order valence-electron chi connectivity index (χ4n) is 1.89. The van der Waals surface area contributed by atoms with Gasteiger partial charge in [0.25, 0.3) is 0 Å². The van der Waals surface area contributed by atoms with Crippen LogP contribution >= 0.6 is 0 Å². The molecular weight excluding hydrogens is 254 g/mol. The molecule has 0 saturated heterocycles. The SMILES string of the molecule is COc1ccc(Oc2cccc(C(N)CCO)c2)cc1. The van der Waals surface area contributed by atoms with Gasteiger partial charge in [0.2, 0.25) is 0 Å². The molecule has 2 aromatic carbocycles. The predicted molar refractivity (Wildman–Crippen MR) is 78.1 cm³/mol. The fourth-order valence-corrected chi connectivity index (χ4v) is 1.89. The summed E-state index contributed by atoms with van der Waals surface area (Å²) >= 11 is 0. The van der Waals surface area contributed by atoms with E-state index in [4.69, 9.17) is 20.3 Å². The van der Waals surface area contributed by atoms with Gasteiger partial charge in [-0.1, -0.05) is 12.1 Å². The van der Waals surface area contributed by atoms with Gasteiger partial charge in [-0.2, -0.15) is 0 Å². The summed E-state index contributed by atoms with van der Waals surface area (Å²) in [7, 11) is 1.63. The minimum atomic E-state index is -0.181. The van der Waals surface area contributed by atoms with Crippen LogP contribution in [-0.4, -0.2) is 18.8 Å². The van der Waals surface area contributed by atoms with Crippen LogP contribution in [0, 0.1) is 0 Å². The Kier molecular flexibility index (Phi) is 4.98. The van der Waals surface area contributed by atoms with Gasteiger partial charge in [0, 0.05) is 12.6 Å². The van der Waals surface area contributed by atoms with Gasteiger partial charge >= 0.3 is 0 Å². The highest BCUT2D eigenvalue weighted by molar-refractivity contribution is 5.37. The van der Waals surface area contributed by atoms with Crippen molar-refractivity contribution in [3.63, 3.8) is 0 Å². The van der Waals surface area contributed by atoms with Gasteiger partial charge in [0.1, 0.15) is 17.2 Å². The van der Waals surface area contributed by atoms with Crippen LogP contribution in [0.3, 0.4) is 0 Å². The lowest BCUT2D eigenvalue weighted by Gasteiger charge is -2.12. The number of aliphatic hydroxyl groups is 1. The lowest BCUT2D eigenvalue weighted by atomic mass is 10.1. The molecule has 0 saturated carbocycles. The van der Waals surface area contributed by atoms with Crippen molar-refractivity contribution < 1.29 is 14.6 Å². The van der Waals surface area contributed by atoms with E-state index in [1.165, 1.54) is 0 Å². The number of hydrogen-bond donors (Lipinski definition) is 2. The standard InChI is InChI=1S/C16H19NO3/c1-19-13-5-7-14(8-6-13)20-15-4-2-3-12(11-15)16(17)9-10-18/h2-8,11,16,18H,9-10,17H2,1H3. The first-order valence-electron chi connectivity index (χ1n) is 6.51. The summed E-state index contributed by atoms with van der Waals surface area (Å²) in [6, 6.07) is 14.8. The van der Waals surface area contributed by atoms with Gasteiger partial charge in [0.05, 0.1) is 7.11 Å². The van der Waals surface area contributed by atoms with Crippen LogP contribution in [-0.2, 0) is 0 Å². The summed E-state index contributed by atoms with van der Waals surface area (Å²) < 4.78 is 10.9. The number of ether oxygens (including phenoxy) is 2. The molecule has 3 N–H and O–H groups in total. The van der Waals surface area contributed by atoms with Crippen LogP contribution in [0.1, 0.15) is 18.0 Å². The van der Waals surface area contributed by atoms with E-state index >= 15 is 0 Å². The molecule has 2 aromatic rings. The maximum atomic E-state index is 8.93. The van der Waals surface area contributed by atoms with Gasteiger partial charge in [-0.05, 0) is 48.4 Å². The monoisotopic (exact) mass is 273 g/mol. The van der Waals surface area contributed by atoms with Crippen LogP contribution in [0.4, 0.5) is 0 Å². The summed E-state index contributed by atoms with van der Waals surface area (Å²) in [4.78, 5) is 0. The molecule has 0 bridgehead atoms. The summed E-state index contributed by atoms with van der Waals surface area (Å²) in [6.07, 6.45) is 0.534. The van der Waals surface area contributed by atoms with Crippen molar-refractivity contribution in [2.24, 2.45) is 5.73 Å². The molecule has 1 unspecified atom stereocenters. The van der Waals surface area contributed by atoms with Crippen LogP contribution in [0.2, 0.25) is 0 Å². The second kappa shape index (κ2) is 6.93. The lowest BCUT2D eigenvalue weighted by molar-refractivity contribution is 0.276. The Bertz CT molecular complexity index is 540. The Balaban J connectivity index is 2.10. The summed E-state index contributed by atoms with van der Waals surface area (Å²) in [5.74, 6) is 2.25. The Morgan fingerprint density at radius 2 is 1.75 bits per heavy atom. The molecular formula is C16H19NO3. The Morgan fingerprint density at radius 3 is 2.40 bits per heavy atom. The van der Waals surface area contributed by atoms with Crippen molar-refractivity contribution in [1.82, 2.24) is 0 Å². The number of hydrogen-bond acceptors (Lipinski definition) is 4. The van der Waals surface area contributed by atoms with Crippen molar-refractivity contribution in [2.45, 2.75) is 12.5 Å². The zero-order valence-electron chi connectivity index (χ0n) is 11.5. The van der Waals surface area contributed by atoms with Crippen molar-refractivity contribution in [3.8, 4) is 17.2 Å². The average Bonchev–Trinajstić information content (AvgIpc) is 2.48. The zero-order valence-corrected chi connectivity index (χ0v) is 11.5. The van der Waals surface area contributed by atoms with Gasteiger partial charge in [-0.15, -0.1) is 0 Å². The molecule has 0 aromatic heterocycles. The highest BCUT2D eigenvalue weighted by Gasteiger charge is 2.06. The molecule has 2 rings (SSSR count). The first kappa shape index (κ1) is 14.4. The number of aliphatic hydroxyl groups excluding tert-OH is 1. The molecule has 106 valence electrons. The molecule has 0 aliphatic heterocycles. The third-order valence-corrected chi connectivity index (χ3v) is 3.02. The van der Waals surface area contributed by atoms with Crippen molar-refractivity contribution >= 4 is 0 Å². The van der Waals surface area contributed by atoms with E-state index < -0.39 is 0 Å². The van der Waals surface area contributed by atoms with Crippen LogP contribution in [0.25, 0.3) is 0 Å². The number of rotatable bonds is 6. The Hall–Kier alpha value is -2.04. The minimum Gasteiger partial charge on any atom is -0.497 e. The Morgan fingerprint density at radius 1 is 1.05 bits per heavy atom. The summed E-state index contributed by atoms with van der Waals surface area (Å²) in [5, 5.41) is 8.93. The molecule has 4 nitrogen and oxygen atoms in total. The van der Waals surface area contributed by atoms with E-state index in [1.807, 2.05) is 48.5 Å². The van der Waals surface area contributed by atoms with Crippen molar-refractivity contribution in [3.05, 3.63) is 54.1 Å². The smallest absolute Gasteiger partial charge is 0.127 e. The summed E-state index contributed by atoms with van der Waals surface area (Å²) in [6.45, 7) is 0.0741. The largest absolute Gasteiger partial charge is 0.497 e. The van der Waals surface area contributed by atoms with Gasteiger partial charge in [-0.25, -0.2) is 0 Å². The normalized spacial score (nSPS) is 11.9. The number of benzene rings is 2. The van der Waals surface area contributed by atoms with E-state index in [1.54, 1.807) is 7.11 Å². The van der Waals surface area contributed by atoms with E-state index in [0.717, 1.165) is 22.8 Å². The predicted octanol–water partition coefficient (Wildman–Crippen LogP) is 2.87. The average molecular weight is 273 g/mol. The van der Waals surface area contributed by atoms with E-state index in [9.17, 15) is 0 Å². The maximum absolute atomic E-state index is 8.93. The van der Waals surface area contributed by atoms with Crippen LogP contribution < -0.4 is 15.2 Å². The third-order valence-electron chi connectivity index (χ3n) is 3.02. The lowest BCUT2D eigenvalue weighted by Crippen LogP contribution is -2.11. The Labute approximate surface area is 118 Å². The first-order valence-corrected chi connectivity index (χ1v) is 6.51. The van der Waals surface area contributed by atoms with Gasteiger partial charge in [-0.3, -0.25) is 0 Å². The maximum Gasteiger partial charge on any atom is 0.127 e. The van der Waals surface area contributed by atoms with E-state index in [2.05, 4.69) is 0 Å². The number of methoxy groups -OCH3 is 1. The second-order valence-electron chi connectivity index (χ2n) is 4.47. The minimum absolute atomic E-state index is 0.0741. The molecule has 0 radical (unpaired) electrons. The molecule has 0 spiro atoms. The van der Waals surface area contributed by atoms with Crippen LogP contribution in [0.15, 0.2) is 48.5 Å². The molecule has 1 atom stereocenters. The highest BCUT2D eigenvalue weighted by atomic mass is 16.5. The van der Waals surface area contributed by atoms with Crippen molar-refractivity contribution in [1.29, 1.82) is 0 Å². The third kappa shape index (κ3) is 3.73. The topological polar surface area (TPSA) is 64.7 Å². The second-order valence-corrected chi connectivity index (χ2v) is 4.47. The van der Waals surface area contributed by atoms with E-state index in [-0.39, 0.29) is 12.6 Å². The quantitative estimate of drug-likeness (QED) is 0.849. The molecule has 0 fully saturated rings. The fraction of sp³-hybridized carbons (Fsp3) is 0.250. The molecule has 0 aliphatic carbocycles. The van der Waals surface area contributed by atoms with E-state index in [0.29, 0.717) is 6.42 Å². The van der Waals surface area contributed by atoms with Gasteiger partial charge in [0.15, 0.2) is 0 Å².